The molecular formula is C10H12N2O. The summed E-state index contributed by atoms with van der Waals surface area (Å²) in [5, 5.41) is 0. The Kier molecular flexibility index (Phi) is 1.79. The molecule has 2 rings (SSSR count). The molecule has 0 aliphatic heterocycles. The Bertz CT molecular complexity index is 431. The van der Waals surface area contributed by atoms with E-state index < -0.39 is 0 Å². The maximum atomic E-state index is 5.26. The van der Waals surface area contributed by atoms with Gasteiger partial charge in [-0.2, -0.15) is 0 Å². The lowest BCUT2D eigenvalue weighted by Gasteiger charge is -2.03. The predicted octanol–water partition coefficient (Wildman–Crippen LogP) is 2.65. The minimum absolute atomic E-state index is 0.359. The van der Waals surface area contributed by atoms with Crippen LogP contribution in [0, 0.1) is 6.92 Å². The molecule has 0 fully saturated rings. The standard InChI is InChI=1S/C10H12N2O/c1-6(2)10-11-7(3)9-8(12-10)4-5-13-9/h4-6H,1-3H3. The van der Waals surface area contributed by atoms with Gasteiger partial charge < -0.3 is 4.42 Å². The molecule has 2 aromatic rings. The van der Waals surface area contributed by atoms with E-state index in [4.69, 9.17) is 4.42 Å². The molecule has 0 bridgehead atoms. The van der Waals surface area contributed by atoms with E-state index in [9.17, 15) is 0 Å². The third-order valence-corrected chi connectivity index (χ3v) is 2.01. The van der Waals surface area contributed by atoms with Crippen molar-refractivity contribution in [1.82, 2.24) is 9.97 Å². The van der Waals surface area contributed by atoms with Gasteiger partial charge in [0.1, 0.15) is 11.3 Å². The summed E-state index contributed by atoms with van der Waals surface area (Å²) in [6.07, 6.45) is 1.65. The smallest absolute Gasteiger partial charge is 0.173 e. The van der Waals surface area contributed by atoms with Crippen molar-refractivity contribution in [2.75, 3.05) is 0 Å². The molecule has 13 heavy (non-hydrogen) atoms. The van der Waals surface area contributed by atoms with E-state index in [1.807, 2.05) is 13.0 Å². The molecule has 68 valence electrons. The van der Waals surface area contributed by atoms with Crippen LogP contribution >= 0.6 is 0 Å². The van der Waals surface area contributed by atoms with Crippen LogP contribution in [0.4, 0.5) is 0 Å². The average Bonchev–Trinajstić information content (AvgIpc) is 2.51. The van der Waals surface area contributed by atoms with Gasteiger partial charge in [0.15, 0.2) is 5.58 Å². The summed E-state index contributed by atoms with van der Waals surface area (Å²) in [6, 6.07) is 1.87. The van der Waals surface area contributed by atoms with Gasteiger partial charge in [0.2, 0.25) is 0 Å². The van der Waals surface area contributed by atoms with Gasteiger partial charge in [-0.1, -0.05) is 13.8 Å². The molecule has 0 amide bonds. The Morgan fingerprint density at radius 3 is 2.77 bits per heavy atom. The Hall–Kier alpha value is -1.38. The van der Waals surface area contributed by atoms with Crippen molar-refractivity contribution in [2.45, 2.75) is 26.7 Å². The summed E-state index contributed by atoms with van der Waals surface area (Å²) in [6.45, 7) is 6.11. The number of aromatic nitrogens is 2. The van der Waals surface area contributed by atoms with E-state index in [1.165, 1.54) is 0 Å². The molecule has 0 N–H and O–H groups in total. The highest BCUT2D eigenvalue weighted by Gasteiger charge is 2.08. The van der Waals surface area contributed by atoms with Crippen LogP contribution in [0.1, 0.15) is 31.3 Å². The van der Waals surface area contributed by atoms with Crippen LogP contribution in [0.2, 0.25) is 0 Å². The maximum Gasteiger partial charge on any atom is 0.173 e. The van der Waals surface area contributed by atoms with Crippen molar-refractivity contribution in [3.63, 3.8) is 0 Å². The van der Waals surface area contributed by atoms with E-state index in [-0.39, 0.29) is 0 Å². The molecule has 0 aromatic carbocycles. The zero-order valence-corrected chi connectivity index (χ0v) is 8.03. The number of furan rings is 1. The van der Waals surface area contributed by atoms with Crippen LogP contribution in [0.15, 0.2) is 16.7 Å². The topological polar surface area (TPSA) is 38.9 Å². The predicted molar refractivity (Wildman–Crippen MR) is 50.6 cm³/mol. The maximum absolute atomic E-state index is 5.26. The lowest BCUT2D eigenvalue weighted by atomic mass is 10.2. The second-order valence-corrected chi connectivity index (χ2v) is 3.46. The van der Waals surface area contributed by atoms with E-state index in [2.05, 4.69) is 23.8 Å². The molecule has 2 heterocycles. The molecule has 0 unspecified atom stereocenters. The minimum atomic E-state index is 0.359. The van der Waals surface area contributed by atoms with Gasteiger partial charge >= 0.3 is 0 Å². The SMILES string of the molecule is Cc1nc(C(C)C)nc2ccoc12. The van der Waals surface area contributed by atoms with E-state index >= 15 is 0 Å². The summed E-state index contributed by atoms with van der Waals surface area (Å²) >= 11 is 0. The molecule has 0 saturated heterocycles. The first-order chi connectivity index (χ1) is 6.18. The molecular weight excluding hydrogens is 164 g/mol. The summed E-state index contributed by atoms with van der Waals surface area (Å²) in [5.74, 6) is 1.24. The highest BCUT2D eigenvalue weighted by molar-refractivity contribution is 5.74. The van der Waals surface area contributed by atoms with Gasteiger partial charge in [-0.25, -0.2) is 9.97 Å². The van der Waals surface area contributed by atoms with Crippen molar-refractivity contribution in [2.24, 2.45) is 0 Å². The Labute approximate surface area is 76.8 Å². The third-order valence-electron chi connectivity index (χ3n) is 2.01. The second kappa shape index (κ2) is 2.83. The highest BCUT2D eigenvalue weighted by Crippen LogP contribution is 2.19. The molecule has 3 heteroatoms. The van der Waals surface area contributed by atoms with E-state index in [1.54, 1.807) is 6.26 Å². The molecule has 3 nitrogen and oxygen atoms in total. The largest absolute Gasteiger partial charge is 0.461 e. The first kappa shape index (κ1) is 8.23. The van der Waals surface area contributed by atoms with Crippen molar-refractivity contribution in [3.05, 3.63) is 23.8 Å². The first-order valence-electron chi connectivity index (χ1n) is 4.40. The van der Waals surface area contributed by atoms with Crippen LogP contribution in [-0.4, -0.2) is 9.97 Å². The average molecular weight is 176 g/mol. The second-order valence-electron chi connectivity index (χ2n) is 3.46. The lowest BCUT2D eigenvalue weighted by molar-refractivity contribution is 0.608. The van der Waals surface area contributed by atoms with Crippen LogP contribution in [0.3, 0.4) is 0 Å². The monoisotopic (exact) mass is 176 g/mol. The van der Waals surface area contributed by atoms with Crippen molar-refractivity contribution < 1.29 is 4.42 Å². The van der Waals surface area contributed by atoms with Crippen LogP contribution in [0.5, 0.6) is 0 Å². The summed E-state index contributed by atoms with van der Waals surface area (Å²) in [7, 11) is 0. The Balaban J connectivity index is 2.70. The van der Waals surface area contributed by atoms with E-state index in [0.717, 1.165) is 22.6 Å². The highest BCUT2D eigenvalue weighted by atomic mass is 16.3. The number of hydrogen-bond acceptors (Lipinski definition) is 3. The number of fused-ring (bicyclic) bond motifs is 1. The first-order valence-corrected chi connectivity index (χ1v) is 4.40. The van der Waals surface area contributed by atoms with Gasteiger partial charge in [0, 0.05) is 12.0 Å². The fraction of sp³-hybridized carbons (Fsp3) is 0.400. The van der Waals surface area contributed by atoms with E-state index in [0.29, 0.717) is 5.92 Å². The van der Waals surface area contributed by atoms with Gasteiger partial charge in [-0.3, -0.25) is 0 Å². The normalized spacial score (nSPS) is 11.4. The Morgan fingerprint density at radius 1 is 1.31 bits per heavy atom. The number of nitrogens with zero attached hydrogens (tertiary/aromatic N) is 2. The van der Waals surface area contributed by atoms with Crippen molar-refractivity contribution in [3.8, 4) is 0 Å². The zero-order chi connectivity index (χ0) is 9.42. The fourth-order valence-electron chi connectivity index (χ4n) is 1.29. The quantitative estimate of drug-likeness (QED) is 0.670. The summed E-state index contributed by atoms with van der Waals surface area (Å²) < 4.78 is 5.26. The lowest BCUT2D eigenvalue weighted by Crippen LogP contribution is -1.98. The van der Waals surface area contributed by atoms with Gasteiger partial charge in [-0.15, -0.1) is 0 Å². The minimum Gasteiger partial charge on any atom is -0.461 e. The molecule has 0 spiro atoms. The molecule has 0 saturated carbocycles. The van der Waals surface area contributed by atoms with Crippen LogP contribution in [-0.2, 0) is 0 Å². The van der Waals surface area contributed by atoms with Gasteiger partial charge in [-0.05, 0) is 6.92 Å². The molecule has 2 aromatic heterocycles. The third kappa shape index (κ3) is 1.30. The molecule has 0 aliphatic carbocycles. The molecule has 0 radical (unpaired) electrons. The number of rotatable bonds is 1. The number of aryl methyl sites for hydroxylation is 1. The summed E-state index contributed by atoms with van der Waals surface area (Å²) in [5.41, 5.74) is 2.61. The van der Waals surface area contributed by atoms with Crippen molar-refractivity contribution in [1.29, 1.82) is 0 Å². The van der Waals surface area contributed by atoms with Gasteiger partial charge in [0.25, 0.3) is 0 Å². The zero-order valence-electron chi connectivity index (χ0n) is 8.03. The van der Waals surface area contributed by atoms with Crippen molar-refractivity contribution >= 4 is 11.1 Å². The summed E-state index contributed by atoms with van der Waals surface area (Å²) in [4.78, 5) is 8.76. The molecule has 0 aliphatic rings. The molecule has 0 atom stereocenters. The number of hydrogen-bond donors (Lipinski definition) is 0. The van der Waals surface area contributed by atoms with Crippen LogP contribution < -0.4 is 0 Å². The fourth-order valence-corrected chi connectivity index (χ4v) is 1.29. The van der Waals surface area contributed by atoms with Gasteiger partial charge in [0.05, 0.1) is 12.0 Å². The Morgan fingerprint density at radius 2 is 2.08 bits per heavy atom. The van der Waals surface area contributed by atoms with Crippen LogP contribution in [0.25, 0.3) is 11.1 Å².